The highest BCUT2D eigenvalue weighted by Crippen LogP contribution is 2.19. The first kappa shape index (κ1) is 19.3. The van der Waals surface area contributed by atoms with Crippen LogP contribution in [0.1, 0.15) is 30.0 Å². The normalized spacial score (nSPS) is 10.7. The van der Waals surface area contributed by atoms with E-state index in [0.717, 1.165) is 5.69 Å². The summed E-state index contributed by atoms with van der Waals surface area (Å²) in [5.41, 5.74) is 1.80. The molecule has 1 aromatic heterocycles. The average molecular weight is 379 g/mol. The van der Waals surface area contributed by atoms with Gasteiger partial charge in [0, 0.05) is 17.3 Å². The summed E-state index contributed by atoms with van der Waals surface area (Å²) in [6, 6.07) is 15.8. The molecule has 2 aromatic carbocycles. The van der Waals surface area contributed by atoms with Crippen molar-refractivity contribution in [2.45, 2.75) is 26.8 Å². The number of ether oxygens (including phenoxy) is 1. The first-order valence-electron chi connectivity index (χ1n) is 8.90. The van der Waals surface area contributed by atoms with E-state index in [1.54, 1.807) is 36.1 Å². The Morgan fingerprint density at radius 2 is 1.75 bits per heavy atom. The van der Waals surface area contributed by atoms with Gasteiger partial charge in [0.25, 0.3) is 11.8 Å². The molecule has 0 bridgehead atoms. The molecule has 1 amide bonds. The second-order valence-corrected chi connectivity index (χ2v) is 6.49. The Morgan fingerprint density at radius 1 is 1.07 bits per heavy atom. The first-order chi connectivity index (χ1) is 13.5. The lowest BCUT2D eigenvalue weighted by molar-refractivity contribution is -0.122. The number of hydrogen-bond acceptors (Lipinski definition) is 6. The van der Waals surface area contributed by atoms with E-state index in [1.807, 2.05) is 44.2 Å². The van der Waals surface area contributed by atoms with E-state index in [1.165, 1.54) is 0 Å². The molecule has 1 heterocycles. The number of carbonyl (C=O) groups excluding carboxylic acids is 2. The summed E-state index contributed by atoms with van der Waals surface area (Å²) in [5, 5.41) is 3.74. The van der Waals surface area contributed by atoms with Crippen LogP contribution in [0, 0.1) is 6.92 Å². The zero-order valence-electron chi connectivity index (χ0n) is 16.0. The number of aromatic nitrogens is 2. The molecule has 0 atom stereocenters. The summed E-state index contributed by atoms with van der Waals surface area (Å²) in [5.74, 6) is 0.0547. The molecule has 0 spiro atoms. The van der Waals surface area contributed by atoms with Gasteiger partial charge in [-0.3, -0.25) is 4.79 Å². The molecule has 3 rings (SSSR count). The van der Waals surface area contributed by atoms with Gasteiger partial charge in [0.2, 0.25) is 0 Å². The second-order valence-electron chi connectivity index (χ2n) is 6.49. The summed E-state index contributed by atoms with van der Waals surface area (Å²) in [6.07, 6.45) is 0. The van der Waals surface area contributed by atoms with E-state index in [0.29, 0.717) is 22.8 Å². The highest BCUT2D eigenvalue weighted by Gasteiger charge is 2.21. The number of amides is 1. The van der Waals surface area contributed by atoms with Gasteiger partial charge in [-0.2, -0.15) is 4.98 Å². The number of nitrogens with zero attached hydrogens (tertiary/aromatic N) is 3. The lowest BCUT2D eigenvalue weighted by Gasteiger charge is -2.26. The van der Waals surface area contributed by atoms with Gasteiger partial charge in [-0.25, -0.2) is 4.79 Å². The van der Waals surface area contributed by atoms with Crippen molar-refractivity contribution < 1.29 is 18.8 Å². The van der Waals surface area contributed by atoms with E-state index in [9.17, 15) is 9.59 Å². The highest BCUT2D eigenvalue weighted by atomic mass is 16.5. The van der Waals surface area contributed by atoms with Crippen molar-refractivity contribution in [3.05, 3.63) is 66.0 Å². The largest absolute Gasteiger partial charge is 0.452 e. The van der Waals surface area contributed by atoms with Gasteiger partial charge in [0.15, 0.2) is 12.4 Å². The Kier molecular flexibility index (Phi) is 5.84. The number of benzene rings is 2. The van der Waals surface area contributed by atoms with Gasteiger partial charge in [-0.15, -0.1) is 0 Å². The zero-order valence-corrected chi connectivity index (χ0v) is 16.0. The fraction of sp³-hybridized carbons (Fsp3) is 0.238. The lowest BCUT2D eigenvalue weighted by Crippen LogP contribution is -2.39. The molecule has 7 heteroatoms. The predicted molar refractivity (Wildman–Crippen MR) is 104 cm³/mol. The first-order valence-corrected chi connectivity index (χ1v) is 8.90. The zero-order chi connectivity index (χ0) is 20.1. The molecule has 7 nitrogen and oxygen atoms in total. The standard InChI is InChI=1S/C21H21N3O4/c1-14(2)24(18-7-5-4-6-8-18)19(25)13-27-21(26)17-11-9-16(10-12-17)20-22-15(3)23-28-20/h4-12,14H,13H2,1-3H3. The van der Waals surface area contributed by atoms with Crippen molar-refractivity contribution in [3.63, 3.8) is 0 Å². The SMILES string of the molecule is Cc1noc(-c2ccc(C(=O)OCC(=O)N(c3ccccc3)C(C)C)cc2)n1. The Morgan fingerprint density at radius 3 is 2.32 bits per heavy atom. The number of carbonyl (C=O) groups is 2. The topological polar surface area (TPSA) is 85.5 Å². The Bertz CT molecular complexity index is 949. The maximum Gasteiger partial charge on any atom is 0.338 e. The van der Waals surface area contributed by atoms with Crippen LogP contribution in [-0.4, -0.2) is 34.7 Å². The quantitative estimate of drug-likeness (QED) is 0.608. The van der Waals surface area contributed by atoms with Crippen LogP contribution in [0.3, 0.4) is 0 Å². The average Bonchev–Trinajstić information content (AvgIpc) is 3.13. The van der Waals surface area contributed by atoms with Gasteiger partial charge < -0.3 is 14.2 Å². The summed E-state index contributed by atoms with van der Waals surface area (Å²) < 4.78 is 10.3. The number of anilines is 1. The van der Waals surface area contributed by atoms with Gasteiger partial charge in [0.1, 0.15) is 0 Å². The highest BCUT2D eigenvalue weighted by molar-refractivity contribution is 5.97. The van der Waals surface area contributed by atoms with Crippen molar-refractivity contribution >= 4 is 17.6 Å². The molecule has 0 N–H and O–H groups in total. The number of para-hydroxylation sites is 1. The summed E-state index contributed by atoms with van der Waals surface area (Å²) in [4.78, 5) is 30.6. The van der Waals surface area contributed by atoms with Crippen molar-refractivity contribution in [1.29, 1.82) is 0 Å². The molecule has 0 fully saturated rings. The minimum absolute atomic E-state index is 0.0641. The van der Waals surface area contributed by atoms with Crippen LogP contribution < -0.4 is 4.90 Å². The molecule has 0 unspecified atom stereocenters. The molecule has 28 heavy (non-hydrogen) atoms. The number of hydrogen-bond donors (Lipinski definition) is 0. The number of aryl methyl sites for hydroxylation is 1. The smallest absolute Gasteiger partial charge is 0.338 e. The third-order valence-electron chi connectivity index (χ3n) is 4.04. The van der Waals surface area contributed by atoms with Gasteiger partial charge >= 0.3 is 5.97 Å². The minimum atomic E-state index is -0.571. The molecular weight excluding hydrogens is 358 g/mol. The van der Waals surface area contributed by atoms with Crippen LogP contribution >= 0.6 is 0 Å². The summed E-state index contributed by atoms with van der Waals surface area (Å²) in [6.45, 7) is 5.21. The van der Waals surface area contributed by atoms with E-state index in [4.69, 9.17) is 9.26 Å². The van der Waals surface area contributed by atoms with Crippen molar-refractivity contribution in [2.24, 2.45) is 0 Å². The number of esters is 1. The van der Waals surface area contributed by atoms with Gasteiger partial charge in [0.05, 0.1) is 5.56 Å². The molecule has 3 aromatic rings. The van der Waals surface area contributed by atoms with Gasteiger partial charge in [-0.1, -0.05) is 23.4 Å². The van der Waals surface area contributed by atoms with Crippen molar-refractivity contribution in [2.75, 3.05) is 11.5 Å². The molecule has 144 valence electrons. The Hall–Kier alpha value is -3.48. The maximum atomic E-state index is 12.6. The van der Waals surface area contributed by atoms with Crippen LogP contribution in [0.15, 0.2) is 59.1 Å². The minimum Gasteiger partial charge on any atom is -0.452 e. The van der Waals surface area contributed by atoms with E-state index < -0.39 is 5.97 Å². The second kappa shape index (κ2) is 8.47. The maximum absolute atomic E-state index is 12.6. The summed E-state index contributed by atoms with van der Waals surface area (Å²) in [7, 11) is 0. The van der Waals surface area contributed by atoms with E-state index in [-0.39, 0.29) is 18.6 Å². The fourth-order valence-electron chi connectivity index (χ4n) is 2.76. The van der Waals surface area contributed by atoms with Crippen LogP contribution in [0.25, 0.3) is 11.5 Å². The molecule has 0 aliphatic rings. The molecule has 0 aliphatic carbocycles. The van der Waals surface area contributed by atoms with Crippen LogP contribution in [-0.2, 0) is 9.53 Å². The third-order valence-corrected chi connectivity index (χ3v) is 4.04. The fourth-order valence-corrected chi connectivity index (χ4v) is 2.76. The number of rotatable bonds is 6. The van der Waals surface area contributed by atoms with Crippen molar-refractivity contribution in [3.8, 4) is 11.5 Å². The van der Waals surface area contributed by atoms with Crippen LogP contribution in [0.5, 0.6) is 0 Å². The molecule has 0 radical (unpaired) electrons. The predicted octanol–water partition coefficient (Wildman–Crippen LogP) is 3.64. The Labute approximate surface area is 162 Å². The lowest BCUT2D eigenvalue weighted by atomic mass is 10.1. The van der Waals surface area contributed by atoms with Crippen molar-refractivity contribution in [1.82, 2.24) is 10.1 Å². The van der Waals surface area contributed by atoms with Crippen LogP contribution in [0.2, 0.25) is 0 Å². The monoisotopic (exact) mass is 379 g/mol. The molecule has 0 aliphatic heterocycles. The molecule has 0 saturated carbocycles. The summed E-state index contributed by atoms with van der Waals surface area (Å²) >= 11 is 0. The third kappa shape index (κ3) is 4.43. The van der Waals surface area contributed by atoms with Crippen LogP contribution in [0.4, 0.5) is 5.69 Å². The van der Waals surface area contributed by atoms with Gasteiger partial charge in [-0.05, 0) is 57.2 Å². The van der Waals surface area contributed by atoms with E-state index >= 15 is 0 Å². The molecular formula is C21H21N3O4. The Balaban J connectivity index is 1.63. The molecule has 0 saturated heterocycles. The van der Waals surface area contributed by atoms with E-state index in [2.05, 4.69) is 10.1 Å².